The molecule has 0 unspecified atom stereocenters. The molecule has 0 bridgehead atoms. The molecular formula is C22H19ClN2O3S. The molecule has 7 heteroatoms. The van der Waals surface area contributed by atoms with Crippen LogP contribution in [0.3, 0.4) is 0 Å². The number of nitrogens with zero attached hydrogens (tertiary/aromatic N) is 1. The van der Waals surface area contributed by atoms with Crippen LogP contribution in [0.1, 0.15) is 5.56 Å². The number of rotatable bonds is 6. The van der Waals surface area contributed by atoms with Crippen molar-refractivity contribution < 1.29 is 13.2 Å². The number of para-hydroxylation sites is 1. The Balaban J connectivity index is 1.70. The fraction of sp³-hybridized carbons (Fsp3) is 0.0455. The minimum atomic E-state index is -3.70. The van der Waals surface area contributed by atoms with Crippen LogP contribution in [0.5, 0.6) is 0 Å². The molecule has 3 aromatic rings. The van der Waals surface area contributed by atoms with Gasteiger partial charge in [0, 0.05) is 23.8 Å². The highest BCUT2D eigenvalue weighted by molar-refractivity contribution is 7.92. The van der Waals surface area contributed by atoms with Crippen molar-refractivity contribution in [2.75, 3.05) is 16.7 Å². The second kappa shape index (κ2) is 8.94. The smallest absolute Gasteiger partial charge is 0.264 e. The second-order valence-electron chi connectivity index (χ2n) is 6.18. The molecule has 3 rings (SSSR count). The third kappa shape index (κ3) is 5.04. The summed E-state index contributed by atoms with van der Waals surface area (Å²) < 4.78 is 26.8. The lowest BCUT2D eigenvalue weighted by Gasteiger charge is -2.19. The summed E-state index contributed by atoms with van der Waals surface area (Å²) in [5.74, 6) is -0.345. The van der Waals surface area contributed by atoms with E-state index in [0.29, 0.717) is 16.4 Å². The molecule has 0 saturated heterocycles. The molecule has 0 heterocycles. The van der Waals surface area contributed by atoms with E-state index in [9.17, 15) is 13.2 Å². The molecule has 0 spiro atoms. The number of carbonyl (C=O) groups excluding carboxylic acids is 1. The summed E-state index contributed by atoms with van der Waals surface area (Å²) in [6.07, 6.45) is 2.99. The highest BCUT2D eigenvalue weighted by Crippen LogP contribution is 2.23. The maximum absolute atomic E-state index is 12.8. The van der Waals surface area contributed by atoms with Crippen molar-refractivity contribution in [3.63, 3.8) is 0 Å². The zero-order valence-corrected chi connectivity index (χ0v) is 17.2. The van der Waals surface area contributed by atoms with Crippen LogP contribution in [-0.2, 0) is 14.8 Å². The van der Waals surface area contributed by atoms with Crippen molar-refractivity contribution in [1.29, 1.82) is 0 Å². The Morgan fingerprint density at radius 1 is 0.931 bits per heavy atom. The zero-order valence-electron chi connectivity index (χ0n) is 15.6. The van der Waals surface area contributed by atoms with Crippen molar-refractivity contribution in [2.24, 2.45) is 0 Å². The molecule has 5 nitrogen and oxygen atoms in total. The Hall–Kier alpha value is -3.09. The number of halogens is 1. The second-order valence-corrected chi connectivity index (χ2v) is 8.55. The van der Waals surface area contributed by atoms with Crippen LogP contribution in [-0.4, -0.2) is 21.4 Å². The third-order valence-corrected chi connectivity index (χ3v) is 6.36. The van der Waals surface area contributed by atoms with Gasteiger partial charge in [-0.1, -0.05) is 48.0 Å². The third-order valence-electron chi connectivity index (χ3n) is 4.22. The number of anilines is 2. The van der Waals surface area contributed by atoms with E-state index in [0.717, 1.165) is 5.56 Å². The highest BCUT2D eigenvalue weighted by atomic mass is 35.5. The Bertz CT molecular complexity index is 1130. The molecule has 1 N–H and O–H groups in total. The van der Waals surface area contributed by atoms with E-state index in [-0.39, 0.29) is 10.8 Å². The molecule has 0 saturated carbocycles. The summed E-state index contributed by atoms with van der Waals surface area (Å²) in [6, 6.07) is 22.0. The van der Waals surface area contributed by atoms with Gasteiger partial charge in [-0.05, 0) is 54.1 Å². The fourth-order valence-corrected chi connectivity index (χ4v) is 4.00. The Labute approximate surface area is 175 Å². The number of benzene rings is 3. The van der Waals surface area contributed by atoms with Crippen molar-refractivity contribution in [2.45, 2.75) is 4.90 Å². The quantitative estimate of drug-likeness (QED) is 0.575. The first-order valence-corrected chi connectivity index (χ1v) is 10.6. The van der Waals surface area contributed by atoms with Crippen molar-refractivity contribution in [3.8, 4) is 0 Å². The normalized spacial score (nSPS) is 11.4. The minimum absolute atomic E-state index is 0.133. The van der Waals surface area contributed by atoms with E-state index in [1.165, 1.54) is 29.6 Å². The largest absolute Gasteiger partial charge is 0.323 e. The van der Waals surface area contributed by atoms with Crippen LogP contribution in [0.2, 0.25) is 5.02 Å². The van der Waals surface area contributed by atoms with Gasteiger partial charge in [-0.25, -0.2) is 8.42 Å². The Morgan fingerprint density at radius 3 is 2.21 bits per heavy atom. The lowest BCUT2D eigenvalue weighted by molar-refractivity contribution is -0.111. The van der Waals surface area contributed by atoms with Crippen molar-refractivity contribution in [3.05, 3.63) is 95.5 Å². The van der Waals surface area contributed by atoms with Gasteiger partial charge in [0.25, 0.3) is 10.0 Å². The van der Waals surface area contributed by atoms with Crippen LogP contribution < -0.4 is 9.62 Å². The number of carbonyl (C=O) groups is 1. The van der Waals surface area contributed by atoms with E-state index < -0.39 is 10.0 Å². The maximum Gasteiger partial charge on any atom is 0.264 e. The van der Waals surface area contributed by atoms with Gasteiger partial charge >= 0.3 is 0 Å². The van der Waals surface area contributed by atoms with Crippen LogP contribution >= 0.6 is 11.6 Å². The minimum Gasteiger partial charge on any atom is -0.323 e. The molecule has 0 atom stereocenters. The predicted octanol–water partition coefficient (Wildman–Crippen LogP) is 4.82. The number of nitrogens with one attached hydrogen (secondary N) is 1. The van der Waals surface area contributed by atoms with E-state index in [4.69, 9.17) is 11.6 Å². The SMILES string of the molecule is CN(c1ccccc1)S(=O)(=O)c1ccc(NC(=O)/C=C/c2ccccc2Cl)cc1. The standard InChI is InChI=1S/C22H19ClN2O3S/c1-25(19-8-3-2-4-9-19)29(27,28)20-14-12-18(13-15-20)24-22(26)16-11-17-7-5-6-10-21(17)23/h2-16H,1H3,(H,24,26)/b16-11+. The molecule has 148 valence electrons. The van der Waals surface area contributed by atoms with E-state index in [2.05, 4.69) is 5.32 Å². The summed E-state index contributed by atoms with van der Waals surface area (Å²) in [5, 5.41) is 3.24. The fourth-order valence-electron chi connectivity index (χ4n) is 2.60. The van der Waals surface area contributed by atoms with Crippen LogP contribution in [0.15, 0.2) is 89.8 Å². The van der Waals surface area contributed by atoms with Gasteiger partial charge in [-0.2, -0.15) is 0 Å². The van der Waals surface area contributed by atoms with Crippen LogP contribution in [0.4, 0.5) is 11.4 Å². The lowest BCUT2D eigenvalue weighted by atomic mass is 10.2. The Morgan fingerprint density at radius 2 is 1.55 bits per heavy atom. The topological polar surface area (TPSA) is 66.5 Å². The summed E-state index contributed by atoms with van der Waals surface area (Å²) in [5.41, 5.74) is 1.78. The molecule has 0 aliphatic rings. The van der Waals surface area contributed by atoms with Crippen LogP contribution in [0, 0.1) is 0 Å². The summed E-state index contributed by atoms with van der Waals surface area (Å²) in [6.45, 7) is 0. The number of hydrogen-bond donors (Lipinski definition) is 1. The van der Waals surface area contributed by atoms with Gasteiger partial charge in [-0.3, -0.25) is 9.10 Å². The zero-order chi connectivity index (χ0) is 20.9. The molecule has 0 fully saturated rings. The molecular weight excluding hydrogens is 408 g/mol. The van der Waals surface area contributed by atoms with E-state index in [1.54, 1.807) is 54.6 Å². The van der Waals surface area contributed by atoms with Gasteiger partial charge in [0.05, 0.1) is 10.6 Å². The molecule has 0 aliphatic carbocycles. The number of hydrogen-bond acceptors (Lipinski definition) is 3. The van der Waals surface area contributed by atoms with Crippen molar-refractivity contribution in [1.82, 2.24) is 0 Å². The van der Waals surface area contributed by atoms with Gasteiger partial charge < -0.3 is 5.32 Å². The summed E-state index contributed by atoms with van der Waals surface area (Å²) >= 11 is 6.05. The number of sulfonamides is 1. The predicted molar refractivity (Wildman–Crippen MR) is 118 cm³/mol. The summed E-state index contributed by atoms with van der Waals surface area (Å²) in [4.78, 5) is 12.2. The maximum atomic E-state index is 12.8. The molecule has 3 aromatic carbocycles. The first-order valence-electron chi connectivity index (χ1n) is 8.75. The molecule has 0 aromatic heterocycles. The molecule has 29 heavy (non-hydrogen) atoms. The first kappa shape index (κ1) is 20.6. The summed E-state index contributed by atoms with van der Waals surface area (Å²) in [7, 11) is -2.20. The molecule has 0 aliphatic heterocycles. The Kier molecular flexibility index (Phi) is 6.36. The van der Waals surface area contributed by atoms with Gasteiger partial charge in [0.2, 0.25) is 5.91 Å². The van der Waals surface area contributed by atoms with Gasteiger partial charge in [-0.15, -0.1) is 0 Å². The van der Waals surface area contributed by atoms with Crippen LogP contribution in [0.25, 0.3) is 6.08 Å². The van der Waals surface area contributed by atoms with Crippen molar-refractivity contribution >= 4 is 45.0 Å². The van der Waals surface area contributed by atoms with Gasteiger partial charge in [0.15, 0.2) is 0 Å². The van der Waals surface area contributed by atoms with E-state index >= 15 is 0 Å². The lowest BCUT2D eigenvalue weighted by Crippen LogP contribution is -2.26. The van der Waals surface area contributed by atoms with E-state index in [1.807, 2.05) is 18.2 Å². The highest BCUT2D eigenvalue weighted by Gasteiger charge is 2.21. The molecule has 0 radical (unpaired) electrons. The first-order chi connectivity index (χ1) is 13.9. The molecule has 1 amide bonds. The average Bonchev–Trinajstić information content (AvgIpc) is 2.73. The average molecular weight is 427 g/mol. The monoisotopic (exact) mass is 426 g/mol. The van der Waals surface area contributed by atoms with Gasteiger partial charge in [0.1, 0.15) is 0 Å². The number of amides is 1.